The summed E-state index contributed by atoms with van der Waals surface area (Å²) in [6, 6.07) is 5.88. The van der Waals surface area contributed by atoms with E-state index in [1.165, 1.54) is 41.0 Å². The highest BCUT2D eigenvalue weighted by Crippen LogP contribution is 2.29. The number of aliphatic carboxylic acids is 5. The van der Waals surface area contributed by atoms with Crippen molar-refractivity contribution in [2.75, 3.05) is 58.1 Å². The lowest BCUT2D eigenvalue weighted by atomic mass is 9.89. The molecule has 194 valence electrons. The first-order chi connectivity index (χ1) is 16.2. The van der Waals surface area contributed by atoms with E-state index in [-0.39, 0.29) is 31.7 Å². The van der Waals surface area contributed by atoms with E-state index in [9.17, 15) is 39.3 Å². The Balaban J connectivity index is 3.13. The average molecular weight is 498 g/mol. The maximum atomic E-state index is 12.3. The number of carboxylic acids is 5. The van der Waals surface area contributed by atoms with Crippen LogP contribution in [0.4, 0.5) is 5.69 Å². The largest absolute Gasteiger partial charge is 0.480 e. The molecule has 14 heteroatoms. The van der Waals surface area contributed by atoms with Gasteiger partial charge in [0.25, 0.3) is 0 Å². The Labute approximate surface area is 200 Å². The zero-order valence-electron chi connectivity index (χ0n) is 19.2. The lowest BCUT2D eigenvalue weighted by Crippen LogP contribution is -2.54. The molecule has 0 saturated carbocycles. The molecule has 0 unspecified atom stereocenters. The summed E-state index contributed by atoms with van der Waals surface area (Å²) in [4.78, 5) is 60.7. The lowest BCUT2D eigenvalue weighted by molar-refractivity contribution is -0.155. The average Bonchev–Trinajstić information content (AvgIpc) is 2.72. The minimum Gasteiger partial charge on any atom is -0.480 e. The Hall–Kier alpha value is -3.75. The van der Waals surface area contributed by atoms with Crippen molar-refractivity contribution >= 4 is 35.5 Å². The number of nitrogens with zero attached hydrogens (tertiary/aromatic N) is 3. The van der Waals surface area contributed by atoms with Gasteiger partial charge in [-0.15, -0.1) is 0 Å². The molecule has 1 rings (SSSR count). The minimum absolute atomic E-state index is 0.0561. The van der Waals surface area contributed by atoms with E-state index in [4.69, 9.17) is 15.9 Å². The molecular weight excluding hydrogens is 468 g/mol. The summed E-state index contributed by atoms with van der Waals surface area (Å²) in [5, 5.41) is 46.6. The second kappa shape index (κ2) is 13.2. The highest BCUT2D eigenvalue weighted by molar-refractivity contribution is 5.81. The SMILES string of the molecule is C[C@](C(=O)O)(c1ccc(N)cc1)N(CCN(CCN(CC(=O)O)CC(=O)O)CC(=O)O)CC(=O)O. The number of hydrogen-bond donors (Lipinski definition) is 6. The fourth-order valence-electron chi connectivity index (χ4n) is 3.48. The number of hydrogen-bond acceptors (Lipinski definition) is 9. The van der Waals surface area contributed by atoms with Crippen LogP contribution >= 0.6 is 0 Å². The Morgan fingerprint density at radius 2 is 1.09 bits per heavy atom. The normalized spacial score (nSPS) is 13.0. The van der Waals surface area contributed by atoms with Crippen LogP contribution in [0, 0.1) is 0 Å². The maximum absolute atomic E-state index is 12.3. The maximum Gasteiger partial charge on any atom is 0.328 e. The third-order valence-electron chi connectivity index (χ3n) is 5.34. The highest BCUT2D eigenvalue weighted by Gasteiger charge is 2.42. The van der Waals surface area contributed by atoms with Crippen molar-refractivity contribution < 1.29 is 49.5 Å². The molecule has 0 fully saturated rings. The van der Waals surface area contributed by atoms with E-state index in [1.807, 2.05) is 0 Å². The third-order valence-corrected chi connectivity index (χ3v) is 5.34. The van der Waals surface area contributed by atoms with Gasteiger partial charge in [0.2, 0.25) is 0 Å². The van der Waals surface area contributed by atoms with Crippen molar-refractivity contribution in [3.8, 4) is 0 Å². The monoisotopic (exact) mass is 498 g/mol. The van der Waals surface area contributed by atoms with E-state index in [0.29, 0.717) is 5.69 Å². The standard InChI is InChI=1S/C21H30N4O10/c1-21(20(34)35,14-2-4-15(22)5-3-14)25(13-19(32)33)9-8-23(10-16(26)27)6-7-24(11-17(28)29)12-18(30)31/h2-5H,6-13,22H2,1H3,(H,26,27)(H,28,29)(H,30,31)(H,32,33)(H,34,35)/t21-/m1/s1. The number of nitrogens with two attached hydrogens (primary N) is 1. The van der Waals surface area contributed by atoms with Crippen LogP contribution in [0.5, 0.6) is 0 Å². The summed E-state index contributed by atoms with van der Waals surface area (Å²) < 4.78 is 0. The molecule has 35 heavy (non-hydrogen) atoms. The molecule has 0 aliphatic rings. The van der Waals surface area contributed by atoms with Gasteiger partial charge < -0.3 is 31.3 Å². The van der Waals surface area contributed by atoms with Gasteiger partial charge in [0, 0.05) is 31.9 Å². The molecule has 0 aromatic heterocycles. The smallest absolute Gasteiger partial charge is 0.328 e. The van der Waals surface area contributed by atoms with Gasteiger partial charge in [-0.25, -0.2) is 4.79 Å². The van der Waals surface area contributed by atoms with Gasteiger partial charge in [-0.3, -0.25) is 33.9 Å². The molecule has 7 N–H and O–H groups in total. The molecule has 14 nitrogen and oxygen atoms in total. The molecule has 0 spiro atoms. The third kappa shape index (κ3) is 9.56. The second-order valence-electron chi connectivity index (χ2n) is 7.98. The van der Waals surface area contributed by atoms with E-state index in [2.05, 4.69) is 0 Å². The van der Waals surface area contributed by atoms with E-state index < -0.39 is 61.6 Å². The predicted molar refractivity (Wildman–Crippen MR) is 121 cm³/mol. The van der Waals surface area contributed by atoms with Crippen LogP contribution in [0.2, 0.25) is 0 Å². The van der Waals surface area contributed by atoms with Gasteiger partial charge in [-0.2, -0.15) is 0 Å². The summed E-state index contributed by atoms with van der Waals surface area (Å²) >= 11 is 0. The Kier molecular flexibility index (Phi) is 11.1. The molecule has 0 bridgehead atoms. The first-order valence-corrected chi connectivity index (χ1v) is 10.4. The second-order valence-corrected chi connectivity index (χ2v) is 7.98. The number of anilines is 1. The summed E-state index contributed by atoms with van der Waals surface area (Å²) in [6.07, 6.45) is 0. The first-order valence-electron chi connectivity index (χ1n) is 10.4. The summed E-state index contributed by atoms with van der Waals surface area (Å²) in [5.41, 5.74) is 4.52. The molecule has 1 aromatic carbocycles. The number of carbonyl (C=O) groups is 5. The summed E-state index contributed by atoms with van der Waals surface area (Å²) in [5.74, 6) is -6.37. The van der Waals surface area contributed by atoms with Crippen LogP contribution in [-0.4, -0.2) is 122 Å². The zero-order valence-corrected chi connectivity index (χ0v) is 19.2. The molecule has 1 aromatic rings. The highest BCUT2D eigenvalue weighted by atomic mass is 16.4. The van der Waals surface area contributed by atoms with Crippen LogP contribution in [0.15, 0.2) is 24.3 Å². The quantitative estimate of drug-likeness (QED) is 0.139. The van der Waals surface area contributed by atoms with Crippen molar-refractivity contribution in [1.29, 1.82) is 0 Å². The minimum atomic E-state index is -1.79. The number of benzene rings is 1. The first kappa shape index (κ1) is 29.3. The van der Waals surface area contributed by atoms with Crippen LogP contribution in [0.3, 0.4) is 0 Å². The van der Waals surface area contributed by atoms with Gasteiger partial charge in [0.1, 0.15) is 5.54 Å². The van der Waals surface area contributed by atoms with Crippen LogP contribution in [-0.2, 0) is 29.5 Å². The van der Waals surface area contributed by atoms with Gasteiger partial charge in [0.15, 0.2) is 0 Å². The van der Waals surface area contributed by atoms with Crippen LogP contribution in [0.1, 0.15) is 12.5 Å². The fourth-order valence-corrected chi connectivity index (χ4v) is 3.48. The van der Waals surface area contributed by atoms with Crippen molar-refractivity contribution in [1.82, 2.24) is 14.7 Å². The van der Waals surface area contributed by atoms with Crippen molar-refractivity contribution in [3.05, 3.63) is 29.8 Å². The Bertz CT molecular complexity index is 907. The Morgan fingerprint density at radius 1 is 0.686 bits per heavy atom. The van der Waals surface area contributed by atoms with Gasteiger partial charge in [-0.1, -0.05) is 12.1 Å². The lowest BCUT2D eigenvalue weighted by Gasteiger charge is -2.38. The van der Waals surface area contributed by atoms with Gasteiger partial charge in [-0.05, 0) is 24.6 Å². The molecular formula is C21H30N4O10. The molecule has 0 radical (unpaired) electrons. The van der Waals surface area contributed by atoms with E-state index in [0.717, 1.165) is 4.90 Å². The van der Waals surface area contributed by atoms with Gasteiger partial charge >= 0.3 is 29.8 Å². The number of nitrogen functional groups attached to an aromatic ring is 1. The molecule has 0 amide bonds. The fraction of sp³-hybridized carbons (Fsp3) is 0.476. The van der Waals surface area contributed by atoms with Gasteiger partial charge in [0.05, 0.1) is 26.2 Å². The van der Waals surface area contributed by atoms with E-state index >= 15 is 0 Å². The molecule has 1 atom stereocenters. The predicted octanol–water partition coefficient (Wildman–Crippen LogP) is -1.19. The van der Waals surface area contributed by atoms with Crippen molar-refractivity contribution in [2.45, 2.75) is 12.5 Å². The van der Waals surface area contributed by atoms with Crippen molar-refractivity contribution in [2.24, 2.45) is 0 Å². The van der Waals surface area contributed by atoms with E-state index in [1.54, 1.807) is 0 Å². The molecule has 0 aliphatic heterocycles. The Morgan fingerprint density at radius 3 is 1.51 bits per heavy atom. The van der Waals surface area contributed by atoms with Crippen LogP contribution < -0.4 is 5.73 Å². The van der Waals surface area contributed by atoms with Crippen molar-refractivity contribution in [3.63, 3.8) is 0 Å². The zero-order chi connectivity index (χ0) is 26.8. The number of carboxylic acid groups (broad SMARTS) is 5. The van der Waals surface area contributed by atoms with Crippen LogP contribution in [0.25, 0.3) is 0 Å². The summed E-state index contributed by atoms with van der Waals surface area (Å²) in [7, 11) is 0. The molecule has 0 aliphatic carbocycles. The molecule has 0 saturated heterocycles. The molecule has 0 heterocycles. The summed E-state index contributed by atoms with van der Waals surface area (Å²) in [6.45, 7) is -1.43. The number of rotatable bonds is 17. The topological polar surface area (TPSA) is 222 Å².